The minimum atomic E-state index is -0.505. The van der Waals surface area contributed by atoms with Crippen molar-refractivity contribution in [3.8, 4) is 0 Å². The van der Waals surface area contributed by atoms with E-state index in [9.17, 15) is 4.79 Å². The molecular weight excluding hydrogens is 276 g/mol. The van der Waals surface area contributed by atoms with Crippen LogP contribution in [0.5, 0.6) is 0 Å². The molecule has 6 heteroatoms. The molecule has 0 radical (unpaired) electrons. The highest BCUT2D eigenvalue weighted by Gasteiger charge is 2.26. The van der Waals surface area contributed by atoms with Crippen molar-refractivity contribution in [2.45, 2.75) is 32.7 Å². The highest BCUT2D eigenvalue weighted by atomic mass is 16.7. The lowest BCUT2D eigenvalue weighted by Gasteiger charge is -2.28. The largest absolute Gasteiger partial charge is 0.463 e. The number of rotatable bonds is 12. The monoisotopic (exact) mass is 304 g/mol. The van der Waals surface area contributed by atoms with Gasteiger partial charge in [-0.05, 0) is 13.3 Å². The van der Waals surface area contributed by atoms with E-state index in [0.29, 0.717) is 19.8 Å². The molecule has 0 saturated heterocycles. The van der Waals surface area contributed by atoms with Crippen LogP contribution in [0.4, 0.5) is 0 Å². The number of hydrogen-bond acceptors (Lipinski definition) is 6. The van der Waals surface area contributed by atoms with E-state index in [1.54, 1.807) is 34.3 Å². The van der Waals surface area contributed by atoms with Gasteiger partial charge in [0.25, 0.3) is 0 Å². The molecule has 21 heavy (non-hydrogen) atoms. The maximum Gasteiger partial charge on any atom is 0.330 e. The van der Waals surface area contributed by atoms with Gasteiger partial charge in [-0.3, -0.25) is 0 Å². The Bertz CT molecular complexity index is 288. The lowest BCUT2D eigenvalue weighted by atomic mass is 10.0. The first-order chi connectivity index (χ1) is 10.1. The van der Waals surface area contributed by atoms with Crippen LogP contribution in [0.25, 0.3) is 0 Å². The molecule has 0 unspecified atom stereocenters. The van der Waals surface area contributed by atoms with Crippen LogP contribution in [0.2, 0.25) is 0 Å². The van der Waals surface area contributed by atoms with Crippen molar-refractivity contribution in [3.05, 3.63) is 12.2 Å². The van der Waals surface area contributed by atoms with Crippen LogP contribution in [0.15, 0.2) is 12.2 Å². The second-order valence-corrected chi connectivity index (χ2v) is 4.49. The number of methoxy groups -OCH3 is 3. The van der Waals surface area contributed by atoms with Gasteiger partial charge in [-0.15, -0.1) is 0 Å². The third-order valence-electron chi connectivity index (χ3n) is 2.88. The fourth-order valence-electron chi connectivity index (χ4n) is 1.80. The van der Waals surface area contributed by atoms with Gasteiger partial charge in [-0.2, -0.15) is 0 Å². The summed E-state index contributed by atoms with van der Waals surface area (Å²) in [4.78, 5) is 11.3. The molecule has 0 amide bonds. The number of ether oxygens (including phenoxy) is 5. The molecule has 2 atom stereocenters. The van der Waals surface area contributed by atoms with Gasteiger partial charge < -0.3 is 23.7 Å². The number of esters is 1. The Morgan fingerprint density at radius 2 is 1.81 bits per heavy atom. The summed E-state index contributed by atoms with van der Waals surface area (Å²) >= 11 is 0. The van der Waals surface area contributed by atoms with Crippen LogP contribution in [-0.4, -0.2) is 59.5 Å². The van der Waals surface area contributed by atoms with Gasteiger partial charge in [0, 0.05) is 46.5 Å². The van der Waals surface area contributed by atoms with Gasteiger partial charge in [0.05, 0.1) is 6.61 Å². The van der Waals surface area contributed by atoms with E-state index in [1.807, 2.05) is 6.92 Å². The quantitative estimate of drug-likeness (QED) is 0.237. The molecule has 0 rings (SSSR count). The van der Waals surface area contributed by atoms with Gasteiger partial charge >= 0.3 is 5.97 Å². The third kappa shape index (κ3) is 8.83. The fraction of sp³-hybridized carbons (Fsp3) is 0.800. The minimum absolute atomic E-state index is 0.0677. The maximum absolute atomic E-state index is 11.3. The van der Waals surface area contributed by atoms with E-state index in [4.69, 9.17) is 23.7 Å². The van der Waals surface area contributed by atoms with E-state index in [2.05, 4.69) is 0 Å². The Kier molecular flexibility index (Phi) is 12.2. The molecule has 0 heterocycles. The average molecular weight is 304 g/mol. The highest BCUT2D eigenvalue weighted by Crippen LogP contribution is 2.17. The summed E-state index contributed by atoms with van der Waals surface area (Å²) in [6.07, 6.45) is 3.10. The zero-order valence-electron chi connectivity index (χ0n) is 13.7. The smallest absolute Gasteiger partial charge is 0.330 e. The Morgan fingerprint density at radius 1 is 1.14 bits per heavy atom. The van der Waals surface area contributed by atoms with Crippen molar-refractivity contribution in [1.29, 1.82) is 0 Å². The van der Waals surface area contributed by atoms with E-state index in [0.717, 1.165) is 6.42 Å². The number of carbonyl (C=O) groups excluding carboxylic acids is 1. The zero-order valence-corrected chi connectivity index (χ0v) is 13.7. The van der Waals surface area contributed by atoms with E-state index < -0.39 is 6.29 Å². The summed E-state index contributed by atoms with van der Waals surface area (Å²) in [7, 11) is 4.76. The summed E-state index contributed by atoms with van der Waals surface area (Å²) in [5.41, 5.74) is 0. The molecule has 0 aliphatic carbocycles. The molecule has 0 aromatic carbocycles. The van der Waals surface area contributed by atoms with E-state index in [-0.39, 0.29) is 18.0 Å². The summed E-state index contributed by atoms with van der Waals surface area (Å²) in [6, 6.07) is 0. The molecule has 0 N–H and O–H groups in total. The normalized spacial score (nSPS) is 14.6. The molecule has 124 valence electrons. The van der Waals surface area contributed by atoms with E-state index >= 15 is 0 Å². The minimum Gasteiger partial charge on any atom is -0.463 e. The van der Waals surface area contributed by atoms with Crippen LogP contribution in [-0.2, 0) is 28.5 Å². The number of hydrogen-bond donors (Lipinski definition) is 0. The highest BCUT2D eigenvalue weighted by molar-refractivity contribution is 5.81. The molecule has 0 saturated carbocycles. The zero-order chi connectivity index (χ0) is 16.1. The fourth-order valence-corrected chi connectivity index (χ4v) is 1.80. The molecule has 0 aromatic rings. The van der Waals surface area contributed by atoms with Crippen molar-refractivity contribution < 1.29 is 28.5 Å². The first kappa shape index (κ1) is 20.1. The molecule has 0 fully saturated rings. The molecule has 6 nitrogen and oxygen atoms in total. The Morgan fingerprint density at radius 3 is 2.33 bits per heavy atom. The van der Waals surface area contributed by atoms with Gasteiger partial charge in [-0.25, -0.2) is 4.79 Å². The predicted molar refractivity (Wildman–Crippen MR) is 79.0 cm³/mol. The Labute approximate surface area is 127 Å². The lowest BCUT2D eigenvalue weighted by Crippen LogP contribution is -2.37. The molecule has 0 aliphatic heterocycles. The second kappa shape index (κ2) is 12.8. The van der Waals surface area contributed by atoms with Gasteiger partial charge in [0.1, 0.15) is 6.10 Å². The molecule has 0 aliphatic rings. The van der Waals surface area contributed by atoms with Crippen molar-refractivity contribution in [3.63, 3.8) is 0 Å². The van der Waals surface area contributed by atoms with Crippen LogP contribution >= 0.6 is 0 Å². The van der Waals surface area contributed by atoms with Crippen LogP contribution in [0, 0.1) is 5.92 Å². The van der Waals surface area contributed by atoms with Crippen molar-refractivity contribution in [2.24, 2.45) is 5.92 Å². The molecule has 0 aromatic heterocycles. The van der Waals surface area contributed by atoms with Gasteiger partial charge in [0.15, 0.2) is 6.29 Å². The predicted octanol–water partition coefficient (Wildman–Crippen LogP) is 1.78. The van der Waals surface area contributed by atoms with Gasteiger partial charge in [-0.1, -0.05) is 13.0 Å². The van der Waals surface area contributed by atoms with E-state index in [1.165, 1.54) is 6.08 Å². The summed E-state index contributed by atoms with van der Waals surface area (Å²) in [5, 5.41) is 0. The molecule has 0 spiro atoms. The van der Waals surface area contributed by atoms with Gasteiger partial charge in [0.2, 0.25) is 0 Å². The topological polar surface area (TPSA) is 63.2 Å². The van der Waals surface area contributed by atoms with Crippen molar-refractivity contribution >= 4 is 5.97 Å². The van der Waals surface area contributed by atoms with Crippen LogP contribution < -0.4 is 0 Å². The first-order valence-corrected chi connectivity index (χ1v) is 7.11. The summed E-state index contributed by atoms with van der Waals surface area (Å²) in [5.74, 6) is -0.435. The summed E-state index contributed by atoms with van der Waals surface area (Å²) in [6.45, 7) is 5.21. The standard InChI is InChI=1S/C15H28O6/c1-6-20-13(16)9-8-12(2)14(15(18-4)19-5)21-11-7-10-17-3/h8-9,12,14-15H,6-7,10-11H2,1-5H3/b9-8-/t12-,14+/m0/s1. The third-order valence-corrected chi connectivity index (χ3v) is 2.88. The van der Waals surface area contributed by atoms with Crippen LogP contribution in [0.1, 0.15) is 20.3 Å². The maximum atomic E-state index is 11.3. The molecular formula is C15H28O6. The first-order valence-electron chi connectivity index (χ1n) is 7.11. The second-order valence-electron chi connectivity index (χ2n) is 4.49. The Hall–Kier alpha value is -0.950. The summed E-state index contributed by atoms with van der Waals surface area (Å²) < 4.78 is 26.2. The van der Waals surface area contributed by atoms with Crippen LogP contribution in [0.3, 0.4) is 0 Å². The average Bonchev–Trinajstić information content (AvgIpc) is 2.48. The molecule has 0 bridgehead atoms. The SMILES string of the molecule is CCOC(=O)/C=C\[C@H](C)[C@@H](OCCCOC)C(OC)OC. The Balaban J connectivity index is 4.57. The lowest BCUT2D eigenvalue weighted by molar-refractivity contribution is -0.190. The number of carbonyl (C=O) groups is 1. The van der Waals surface area contributed by atoms with Crippen molar-refractivity contribution in [1.82, 2.24) is 0 Å². The van der Waals surface area contributed by atoms with Crippen molar-refractivity contribution in [2.75, 3.05) is 41.2 Å².